The molecule has 4 heteroatoms. The van der Waals surface area contributed by atoms with Gasteiger partial charge < -0.3 is 4.74 Å². The molecule has 0 radical (unpaired) electrons. The molecule has 0 amide bonds. The Morgan fingerprint density at radius 2 is 2.00 bits per heavy atom. The van der Waals surface area contributed by atoms with E-state index in [1.165, 1.54) is 0 Å². The lowest BCUT2D eigenvalue weighted by Gasteiger charge is -2.19. The summed E-state index contributed by atoms with van der Waals surface area (Å²) in [5, 5.41) is 0.538. The van der Waals surface area contributed by atoms with Crippen LogP contribution in [0.25, 0.3) is 0 Å². The zero-order valence-corrected chi connectivity index (χ0v) is 11.7. The summed E-state index contributed by atoms with van der Waals surface area (Å²) >= 11 is 7.91. The highest BCUT2D eigenvalue weighted by Gasteiger charge is 2.19. The first-order valence-corrected chi connectivity index (χ1v) is 5.94. The predicted molar refractivity (Wildman–Crippen MR) is 69.3 cm³/mol. The minimum absolute atomic E-state index is 0.339. The summed E-state index contributed by atoms with van der Waals surface area (Å²) in [6.07, 6.45) is 0. The van der Waals surface area contributed by atoms with Gasteiger partial charge in [-0.15, -0.1) is 0 Å². The van der Waals surface area contributed by atoms with Gasteiger partial charge in [0, 0.05) is 8.59 Å². The van der Waals surface area contributed by atoms with Crippen LogP contribution in [0.1, 0.15) is 31.1 Å². The second-order valence-electron chi connectivity index (χ2n) is 4.13. The van der Waals surface area contributed by atoms with E-state index < -0.39 is 5.60 Å². The molecule has 0 aliphatic rings. The Labute approximate surface area is 108 Å². The van der Waals surface area contributed by atoms with E-state index in [4.69, 9.17) is 16.3 Å². The molecule has 0 fully saturated rings. The van der Waals surface area contributed by atoms with Crippen molar-refractivity contribution in [2.45, 2.75) is 26.4 Å². The first-order valence-electron chi connectivity index (χ1n) is 4.48. The van der Waals surface area contributed by atoms with Gasteiger partial charge in [0.05, 0.1) is 5.56 Å². The highest BCUT2D eigenvalue weighted by Crippen LogP contribution is 2.20. The number of hydrogen-bond donors (Lipinski definition) is 0. The number of rotatable bonds is 1. The molecule has 15 heavy (non-hydrogen) atoms. The smallest absolute Gasteiger partial charge is 0.339 e. The van der Waals surface area contributed by atoms with Crippen molar-refractivity contribution >= 4 is 40.2 Å². The fourth-order valence-electron chi connectivity index (χ4n) is 0.987. The van der Waals surface area contributed by atoms with Crippen LogP contribution in [0.15, 0.2) is 18.2 Å². The Bertz CT molecular complexity index is 383. The fraction of sp³-hybridized carbons (Fsp3) is 0.364. The maximum atomic E-state index is 11.7. The van der Waals surface area contributed by atoms with Gasteiger partial charge in [0.1, 0.15) is 5.60 Å². The number of halogens is 2. The van der Waals surface area contributed by atoms with Crippen LogP contribution in [0.2, 0.25) is 5.02 Å². The Kier molecular flexibility index (Phi) is 4.00. The molecule has 0 spiro atoms. The summed E-state index contributed by atoms with van der Waals surface area (Å²) in [6, 6.07) is 5.16. The van der Waals surface area contributed by atoms with Gasteiger partial charge in [0.2, 0.25) is 0 Å². The zero-order chi connectivity index (χ0) is 11.6. The van der Waals surface area contributed by atoms with Crippen LogP contribution in [0.3, 0.4) is 0 Å². The Morgan fingerprint density at radius 1 is 1.40 bits per heavy atom. The summed E-state index contributed by atoms with van der Waals surface area (Å²) in [6.45, 7) is 5.51. The monoisotopic (exact) mass is 338 g/mol. The predicted octanol–water partition coefficient (Wildman–Crippen LogP) is 3.90. The molecular weight excluding hydrogens is 326 g/mol. The van der Waals surface area contributed by atoms with Gasteiger partial charge in [-0.3, -0.25) is 0 Å². The zero-order valence-electron chi connectivity index (χ0n) is 8.80. The maximum absolute atomic E-state index is 11.7. The second-order valence-corrected chi connectivity index (χ2v) is 5.72. The normalized spacial score (nSPS) is 11.3. The highest BCUT2D eigenvalue weighted by atomic mass is 127. The number of hydrogen-bond acceptors (Lipinski definition) is 2. The number of ether oxygens (including phenoxy) is 1. The average molecular weight is 339 g/mol. The van der Waals surface area contributed by atoms with Gasteiger partial charge in [0.15, 0.2) is 0 Å². The maximum Gasteiger partial charge on any atom is 0.339 e. The number of carbonyl (C=O) groups is 1. The van der Waals surface area contributed by atoms with Crippen LogP contribution in [0, 0.1) is 3.57 Å². The van der Waals surface area contributed by atoms with E-state index in [1.54, 1.807) is 18.2 Å². The molecule has 1 aromatic carbocycles. The van der Waals surface area contributed by atoms with E-state index >= 15 is 0 Å². The summed E-state index contributed by atoms with van der Waals surface area (Å²) in [5.41, 5.74) is 0.0284. The topological polar surface area (TPSA) is 26.3 Å². The minimum atomic E-state index is -0.484. The molecule has 0 N–H and O–H groups in total. The number of carbonyl (C=O) groups excluding carboxylic acids is 1. The first-order chi connectivity index (χ1) is 6.79. The largest absolute Gasteiger partial charge is 0.456 e. The molecule has 0 heterocycles. The molecule has 2 nitrogen and oxygen atoms in total. The summed E-state index contributed by atoms with van der Waals surface area (Å²) < 4.78 is 6.10. The summed E-state index contributed by atoms with van der Waals surface area (Å²) in [5.74, 6) is -0.339. The van der Waals surface area contributed by atoms with Crippen molar-refractivity contribution in [3.63, 3.8) is 0 Å². The molecule has 0 aliphatic heterocycles. The summed E-state index contributed by atoms with van der Waals surface area (Å²) in [4.78, 5) is 11.7. The van der Waals surface area contributed by atoms with Gasteiger partial charge in [-0.05, 0) is 61.6 Å². The SMILES string of the molecule is CC(C)(C)OC(=O)c1cc(Cl)ccc1I. The molecule has 0 aliphatic carbocycles. The fourth-order valence-corrected chi connectivity index (χ4v) is 1.71. The van der Waals surface area contributed by atoms with Gasteiger partial charge in [-0.25, -0.2) is 4.79 Å². The molecule has 0 saturated carbocycles. The van der Waals surface area contributed by atoms with Crippen molar-refractivity contribution in [3.05, 3.63) is 32.4 Å². The standard InChI is InChI=1S/C11H12ClIO2/c1-11(2,3)15-10(14)8-6-7(12)4-5-9(8)13/h4-6H,1-3H3. The first kappa shape index (κ1) is 12.8. The van der Waals surface area contributed by atoms with E-state index in [0.717, 1.165) is 3.57 Å². The second kappa shape index (κ2) is 4.70. The third kappa shape index (κ3) is 3.99. The molecule has 82 valence electrons. The van der Waals surface area contributed by atoms with Crippen LogP contribution < -0.4 is 0 Å². The van der Waals surface area contributed by atoms with Crippen LogP contribution >= 0.6 is 34.2 Å². The lowest BCUT2D eigenvalue weighted by molar-refractivity contribution is 0.00683. The van der Waals surface area contributed by atoms with Gasteiger partial charge in [-0.1, -0.05) is 11.6 Å². The lowest BCUT2D eigenvalue weighted by Crippen LogP contribution is -2.24. The van der Waals surface area contributed by atoms with Crippen molar-refractivity contribution in [1.82, 2.24) is 0 Å². The molecule has 0 unspecified atom stereocenters. The van der Waals surface area contributed by atoms with Crippen LogP contribution in [-0.2, 0) is 4.74 Å². The molecule has 1 aromatic rings. The van der Waals surface area contributed by atoms with Gasteiger partial charge in [0.25, 0.3) is 0 Å². The van der Waals surface area contributed by atoms with Crippen molar-refractivity contribution < 1.29 is 9.53 Å². The van der Waals surface area contributed by atoms with E-state index in [0.29, 0.717) is 10.6 Å². The third-order valence-corrected chi connectivity index (χ3v) is 2.72. The highest BCUT2D eigenvalue weighted by molar-refractivity contribution is 14.1. The van der Waals surface area contributed by atoms with Gasteiger partial charge >= 0.3 is 5.97 Å². The molecule has 0 saturated heterocycles. The quantitative estimate of drug-likeness (QED) is 0.573. The molecule has 0 atom stereocenters. The van der Waals surface area contributed by atoms with Crippen molar-refractivity contribution in [2.24, 2.45) is 0 Å². The molecule has 0 bridgehead atoms. The third-order valence-electron chi connectivity index (χ3n) is 1.55. The molecular formula is C11H12ClIO2. The van der Waals surface area contributed by atoms with E-state index in [9.17, 15) is 4.79 Å². The van der Waals surface area contributed by atoms with Crippen molar-refractivity contribution in [1.29, 1.82) is 0 Å². The van der Waals surface area contributed by atoms with Crippen molar-refractivity contribution in [2.75, 3.05) is 0 Å². The van der Waals surface area contributed by atoms with Crippen LogP contribution in [0.4, 0.5) is 0 Å². The van der Waals surface area contributed by atoms with Crippen LogP contribution in [-0.4, -0.2) is 11.6 Å². The van der Waals surface area contributed by atoms with E-state index in [-0.39, 0.29) is 5.97 Å². The average Bonchev–Trinajstić information content (AvgIpc) is 2.06. The molecule has 1 rings (SSSR count). The Morgan fingerprint density at radius 3 is 2.53 bits per heavy atom. The van der Waals surface area contributed by atoms with E-state index in [2.05, 4.69) is 22.6 Å². The van der Waals surface area contributed by atoms with Crippen LogP contribution in [0.5, 0.6) is 0 Å². The Balaban J connectivity index is 2.96. The minimum Gasteiger partial charge on any atom is -0.456 e. The molecule has 0 aromatic heterocycles. The summed E-state index contributed by atoms with van der Waals surface area (Å²) in [7, 11) is 0. The number of esters is 1. The van der Waals surface area contributed by atoms with Gasteiger partial charge in [-0.2, -0.15) is 0 Å². The number of benzene rings is 1. The Hall–Kier alpha value is -0.290. The van der Waals surface area contributed by atoms with E-state index in [1.807, 2.05) is 20.8 Å². The van der Waals surface area contributed by atoms with Crippen molar-refractivity contribution in [3.8, 4) is 0 Å². The lowest BCUT2D eigenvalue weighted by atomic mass is 10.2.